The first-order valence-electron chi connectivity index (χ1n) is 7.47. The molecule has 0 aliphatic carbocycles. The van der Waals surface area contributed by atoms with Gasteiger partial charge >= 0.3 is 6.18 Å². The number of nitrogens with one attached hydrogen (secondary N) is 1. The van der Waals surface area contributed by atoms with Crippen LogP contribution in [0.1, 0.15) is 34.0 Å². The van der Waals surface area contributed by atoms with Crippen LogP contribution < -0.4 is 5.56 Å². The largest absolute Gasteiger partial charge is 0.417 e. The van der Waals surface area contributed by atoms with Crippen LogP contribution in [0.25, 0.3) is 10.2 Å². The van der Waals surface area contributed by atoms with Gasteiger partial charge in [-0.05, 0) is 32.4 Å². The predicted molar refractivity (Wildman–Crippen MR) is 98.2 cm³/mol. The SMILES string of the molecule is Cc1sc2nc(C(C)Sc3ncc(C(F)(F)F)cc3Cl)[nH]c(=O)c2c1C. The third-order valence-electron chi connectivity index (χ3n) is 3.87. The number of hydrogen-bond donors (Lipinski definition) is 1. The van der Waals surface area contributed by atoms with Gasteiger partial charge in [-0.25, -0.2) is 9.97 Å². The first kappa shape index (κ1) is 19.2. The molecule has 0 saturated heterocycles. The Kier molecular flexibility index (Phi) is 5.06. The third kappa shape index (κ3) is 3.60. The molecule has 3 aromatic heterocycles. The average molecular weight is 420 g/mol. The van der Waals surface area contributed by atoms with E-state index in [0.717, 1.165) is 34.5 Å². The molecule has 0 aliphatic heterocycles. The summed E-state index contributed by atoms with van der Waals surface area (Å²) in [6.45, 7) is 5.57. The second kappa shape index (κ2) is 6.86. The normalized spacial score (nSPS) is 13.3. The van der Waals surface area contributed by atoms with E-state index in [1.165, 1.54) is 11.3 Å². The van der Waals surface area contributed by atoms with Crippen molar-refractivity contribution in [2.24, 2.45) is 0 Å². The van der Waals surface area contributed by atoms with Crippen molar-refractivity contribution in [2.75, 3.05) is 0 Å². The minimum atomic E-state index is -4.50. The Bertz CT molecular complexity index is 1050. The highest BCUT2D eigenvalue weighted by molar-refractivity contribution is 7.99. The molecule has 0 aliphatic rings. The van der Waals surface area contributed by atoms with Gasteiger partial charge in [0.25, 0.3) is 5.56 Å². The zero-order valence-corrected chi connectivity index (χ0v) is 16.3. The first-order valence-corrected chi connectivity index (χ1v) is 9.54. The lowest BCUT2D eigenvalue weighted by Crippen LogP contribution is -2.12. The average Bonchev–Trinajstić information content (AvgIpc) is 2.83. The number of aromatic nitrogens is 3. The number of nitrogens with zero attached hydrogens (tertiary/aromatic N) is 2. The molecule has 0 saturated carbocycles. The number of H-pyrrole nitrogens is 1. The number of alkyl halides is 3. The molecule has 0 bridgehead atoms. The number of hydrogen-bond acceptors (Lipinski definition) is 5. The molecular formula is C16H13ClF3N3OS2. The fourth-order valence-electron chi connectivity index (χ4n) is 2.35. The number of thiophene rings is 1. The Morgan fingerprint density at radius 1 is 1.35 bits per heavy atom. The van der Waals surface area contributed by atoms with E-state index in [9.17, 15) is 18.0 Å². The Labute approximate surface area is 159 Å². The van der Waals surface area contributed by atoms with E-state index < -0.39 is 11.7 Å². The van der Waals surface area contributed by atoms with Crippen LogP contribution in [0.4, 0.5) is 13.2 Å². The van der Waals surface area contributed by atoms with Gasteiger partial charge in [-0.3, -0.25) is 4.79 Å². The van der Waals surface area contributed by atoms with E-state index in [1.54, 1.807) is 6.92 Å². The van der Waals surface area contributed by atoms with Crippen molar-refractivity contribution < 1.29 is 13.2 Å². The van der Waals surface area contributed by atoms with E-state index >= 15 is 0 Å². The molecule has 0 fully saturated rings. The van der Waals surface area contributed by atoms with E-state index in [4.69, 9.17) is 11.6 Å². The van der Waals surface area contributed by atoms with Crippen molar-refractivity contribution in [1.82, 2.24) is 15.0 Å². The minimum absolute atomic E-state index is 0.0945. The van der Waals surface area contributed by atoms with E-state index in [-0.39, 0.29) is 20.9 Å². The molecule has 0 aromatic carbocycles. The molecule has 1 atom stereocenters. The number of aromatic amines is 1. The molecule has 138 valence electrons. The van der Waals surface area contributed by atoms with Gasteiger partial charge in [-0.2, -0.15) is 13.2 Å². The van der Waals surface area contributed by atoms with Crippen LogP contribution in [0, 0.1) is 13.8 Å². The van der Waals surface area contributed by atoms with Gasteiger partial charge in [0.05, 0.1) is 21.2 Å². The predicted octanol–water partition coefficient (Wildman–Crippen LogP) is 5.52. The molecule has 1 N–H and O–H groups in total. The zero-order valence-electron chi connectivity index (χ0n) is 13.9. The molecule has 0 spiro atoms. The summed E-state index contributed by atoms with van der Waals surface area (Å²) >= 11 is 8.51. The first-order chi connectivity index (χ1) is 12.1. The summed E-state index contributed by atoms with van der Waals surface area (Å²) in [7, 11) is 0. The topological polar surface area (TPSA) is 58.6 Å². The molecule has 1 unspecified atom stereocenters. The van der Waals surface area contributed by atoms with E-state index in [0.29, 0.717) is 16.0 Å². The van der Waals surface area contributed by atoms with Crippen LogP contribution in [0.5, 0.6) is 0 Å². The number of pyridine rings is 1. The number of aryl methyl sites for hydroxylation is 2. The smallest absolute Gasteiger partial charge is 0.309 e. The standard InChI is InChI=1S/C16H13ClF3N3OS2/c1-6-7(2)25-15-11(6)13(24)22-12(23-15)8(3)26-14-10(17)4-9(5-21-14)16(18,19)20/h4-5,8H,1-3H3,(H,22,23,24). The van der Waals surface area contributed by atoms with Gasteiger partial charge in [0.15, 0.2) is 0 Å². The van der Waals surface area contributed by atoms with Crippen molar-refractivity contribution >= 4 is 44.9 Å². The van der Waals surface area contributed by atoms with Crippen molar-refractivity contribution in [3.63, 3.8) is 0 Å². The molecule has 4 nitrogen and oxygen atoms in total. The lowest BCUT2D eigenvalue weighted by Gasteiger charge is -2.12. The van der Waals surface area contributed by atoms with Crippen LogP contribution in [-0.4, -0.2) is 15.0 Å². The van der Waals surface area contributed by atoms with Crippen molar-refractivity contribution in [3.8, 4) is 0 Å². The van der Waals surface area contributed by atoms with Crippen molar-refractivity contribution in [3.05, 3.63) is 49.5 Å². The molecule has 26 heavy (non-hydrogen) atoms. The summed E-state index contributed by atoms with van der Waals surface area (Å²) in [6, 6.07) is 0.842. The Hall–Kier alpha value is -1.58. The summed E-state index contributed by atoms with van der Waals surface area (Å²) in [5, 5.41) is 0.368. The maximum Gasteiger partial charge on any atom is 0.417 e. The van der Waals surface area contributed by atoms with Gasteiger partial charge in [0.2, 0.25) is 0 Å². The fourth-order valence-corrected chi connectivity index (χ4v) is 4.53. The maximum atomic E-state index is 12.7. The molecule has 0 amide bonds. The Balaban J connectivity index is 1.92. The van der Waals surface area contributed by atoms with Crippen LogP contribution in [0.15, 0.2) is 22.1 Å². The van der Waals surface area contributed by atoms with Crippen molar-refractivity contribution in [2.45, 2.75) is 37.2 Å². The highest BCUT2D eigenvalue weighted by Gasteiger charge is 2.31. The van der Waals surface area contributed by atoms with Gasteiger partial charge in [0.1, 0.15) is 15.7 Å². The second-order valence-corrected chi connectivity index (χ2v) is 8.62. The van der Waals surface area contributed by atoms with Crippen LogP contribution in [0.3, 0.4) is 0 Å². The molecule has 3 rings (SSSR count). The van der Waals surface area contributed by atoms with E-state index in [1.807, 2.05) is 13.8 Å². The van der Waals surface area contributed by atoms with Crippen LogP contribution >= 0.6 is 34.7 Å². The number of rotatable bonds is 3. The van der Waals surface area contributed by atoms with Gasteiger partial charge in [-0.1, -0.05) is 23.4 Å². The van der Waals surface area contributed by atoms with Gasteiger partial charge in [-0.15, -0.1) is 11.3 Å². The van der Waals surface area contributed by atoms with Crippen LogP contribution in [0.2, 0.25) is 5.02 Å². The van der Waals surface area contributed by atoms with Crippen LogP contribution in [-0.2, 0) is 6.18 Å². The Morgan fingerprint density at radius 3 is 2.65 bits per heavy atom. The lowest BCUT2D eigenvalue weighted by atomic mass is 10.2. The number of thioether (sulfide) groups is 1. The Morgan fingerprint density at radius 2 is 2.04 bits per heavy atom. The quantitative estimate of drug-likeness (QED) is 0.568. The van der Waals surface area contributed by atoms with Crippen molar-refractivity contribution in [1.29, 1.82) is 0 Å². The minimum Gasteiger partial charge on any atom is -0.309 e. The lowest BCUT2D eigenvalue weighted by molar-refractivity contribution is -0.137. The summed E-state index contributed by atoms with van der Waals surface area (Å²) in [6.07, 6.45) is -3.76. The summed E-state index contributed by atoms with van der Waals surface area (Å²) in [5.41, 5.74) is -0.235. The zero-order chi connectivity index (χ0) is 19.2. The highest BCUT2D eigenvalue weighted by atomic mass is 35.5. The second-order valence-electron chi connectivity index (χ2n) is 5.68. The summed E-state index contributed by atoms with van der Waals surface area (Å²) in [5.74, 6) is 0.423. The van der Waals surface area contributed by atoms with Gasteiger partial charge in [0, 0.05) is 11.1 Å². The fraction of sp³-hybridized carbons (Fsp3) is 0.312. The van der Waals surface area contributed by atoms with E-state index in [2.05, 4.69) is 15.0 Å². The molecule has 10 heteroatoms. The monoisotopic (exact) mass is 419 g/mol. The third-order valence-corrected chi connectivity index (χ3v) is 6.49. The maximum absolute atomic E-state index is 12.7. The highest BCUT2D eigenvalue weighted by Crippen LogP contribution is 2.39. The molecule has 3 aromatic rings. The summed E-state index contributed by atoms with van der Waals surface area (Å²) in [4.78, 5) is 25.0. The molecule has 0 radical (unpaired) electrons. The number of fused-ring (bicyclic) bond motifs is 1. The molecular weight excluding hydrogens is 407 g/mol. The number of halogens is 4. The van der Waals surface area contributed by atoms with Gasteiger partial charge < -0.3 is 4.98 Å². The summed E-state index contributed by atoms with van der Waals surface area (Å²) < 4.78 is 38.1. The molecule has 3 heterocycles.